The Kier molecular flexibility index (Phi) is 5.09. The number of aromatic nitrogens is 4. The first-order valence-electron chi connectivity index (χ1n) is 8.82. The monoisotopic (exact) mass is 406 g/mol. The summed E-state index contributed by atoms with van der Waals surface area (Å²) in [5, 5.41) is 17.8. The van der Waals surface area contributed by atoms with Crippen LogP contribution in [0.15, 0.2) is 58.6 Å². The molecular weight excluding hydrogens is 388 g/mol. The number of ether oxygens (including phenoxy) is 1. The van der Waals surface area contributed by atoms with Gasteiger partial charge in [0.1, 0.15) is 16.5 Å². The van der Waals surface area contributed by atoms with Gasteiger partial charge < -0.3 is 14.8 Å². The lowest BCUT2D eigenvalue weighted by Crippen LogP contribution is -1.97. The Morgan fingerprint density at radius 1 is 1.21 bits per heavy atom. The van der Waals surface area contributed by atoms with E-state index in [0.29, 0.717) is 16.7 Å². The molecule has 3 N–H and O–H groups in total. The molecule has 0 saturated heterocycles. The number of H-pyrrole nitrogens is 2. The van der Waals surface area contributed by atoms with Crippen molar-refractivity contribution in [3.05, 3.63) is 64.8 Å². The number of fused-ring (bicyclic) bond motifs is 1. The normalized spacial score (nSPS) is 11.7. The summed E-state index contributed by atoms with van der Waals surface area (Å²) < 4.78 is 5.36. The average molecular weight is 406 g/mol. The average Bonchev–Trinajstić information content (AvgIpc) is 3.31. The molecule has 0 unspecified atom stereocenters. The van der Waals surface area contributed by atoms with Gasteiger partial charge >= 0.3 is 5.97 Å². The van der Waals surface area contributed by atoms with Gasteiger partial charge in [0, 0.05) is 16.5 Å². The molecule has 0 amide bonds. The van der Waals surface area contributed by atoms with E-state index in [4.69, 9.17) is 4.74 Å². The number of rotatable bonds is 6. The van der Waals surface area contributed by atoms with Gasteiger partial charge in [-0.05, 0) is 48.5 Å². The van der Waals surface area contributed by atoms with E-state index in [2.05, 4.69) is 20.2 Å². The van der Waals surface area contributed by atoms with Gasteiger partial charge in [0.15, 0.2) is 0 Å². The number of thioether (sulfide) groups is 1. The van der Waals surface area contributed by atoms with E-state index in [-0.39, 0.29) is 4.91 Å². The number of carboxylic acid groups (broad SMARTS) is 1. The Bertz CT molecular complexity index is 1210. The van der Waals surface area contributed by atoms with Crippen molar-refractivity contribution in [1.29, 1.82) is 0 Å². The molecule has 0 aliphatic heterocycles. The number of hydrogen-bond acceptors (Lipinski definition) is 5. The Labute approximate surface area is 170 Å². The topological polar surface area (TPSA) is 104 Å². The van der Waals surface area contributed by atoms with Gasteiger partial charge in [-0.15, -0.1) is 5.10 Å². The van der Waals surface area contributed by atoms with E-state index in [1.54, 1.807) is 20.1 Å². The first-order chi connectivity index (χ1) is 14.0. The lowest BCUT2D eigenvalue weighted by Gasteiger charge is -2.04. The quantitative estimate of drug-likeness (QED) is 0.322. The van der Waals surface area contributed by atoms with Crippen LogP contribution in [-0.4, -0.2) is 38.4 Å². The number of aromatic amines is 2. The summed E-state index contributed by atoms with van der Waals surface area (Å²) in [6.45, 7) is 1.76. The van der Waals surface area contributed by atoms with Crippen LogP contribution in [0.5, 0.6) is 5.75 Å². The molecule has 2 heterocycles. The van der Waals surface area contributed by atoms with Gasteiger partial charge in [-0.25, -0.2) is 9.78 Å². The molecule has 146 valence electrons. The summed E-state index contributed by atoms with van der Waals surface area (Å²) in [6.07, 6.45) is 1.65. The highest BCUT2D eigenvalue weighted by Crippen LogP contribution is 2.36. The van der Waals surface area contributed by atoms with Crippen LogP contribution in [-0.2, 0) is 4.79 Å². The molecule has 29 heavy (non-hydrogen) atoms. The molecule has 0 bridgehead atoms. The SMILES string of the molecule is COc1ccc2[nH]c(-c3ccccc3)c(/C=C(\Sc3n[nH]c(C)n3)C(=O)O)c2c1. The standard InChI is InChI=1S/C21H18N4O3S/c1-12-22-21(25-24-12)29-18(20(26)27)11-16-15-10-14(28-2)8-9-17(15)23-19(16)13-6-4-3-5-7-13/h3-11,23H,1-2H3,(H,26,27)(H,22,24,25)/b18-11-. The minimum Gasteiger partial charge on any atom is -0.497 e. The zero-order chi connectivity index (χ0) is 20.4. The third-order valence-electron chi connectivity index (χ3n) is 4.37. The van der Waals surface area contributed by atoms with Crippen LogP contribution < -0.4 is 4.74 Å². The van der Waals surface area contributed by atoms with E-state index < -0.39 is 5.97 Å². The summed E-state index contributed by atoms with van der Waals surface area (Å²) in [6, 6.07) is 15.5. The number of aliphatic carboxylic acids is 1. The Balaban J connectivity index is 1.91. The molecule has 0 aliphatic rings. The molecule has 0 saturated carbocycles. The zero-order valence-corrected chi connectivity index (χ0v) is 16.6. The van der Waals surface area contributed by atoms with Gasteiger partial charge in [0.25, 0.3) is 0 Å². The third-order valence-corrected chi connectivity index (χ3v) is 5.25. The zero-order valence-electron chi connectivity index (χ0n) is 15.8. The maximum atomic E-state index is 12.0. The molecule has 0 radical (unpaired) electrons. The van der Waals surface area contributed by atoms with Crippen molar-refractivity contribution in [3.63, 3.8) is 0 Å². The van der Waals surface area contributed by atoms with Crippen molar-refractivity contribution in [3.8, 4) is 17.0 Å². The maximum absolute atomic E-state index is 12.0. The van der Waals surface area contributed by atoms with Gasteiger partial charge in [0.05, 0.1) is 12.8 Å². The second-order valence-corrected chi connectivity index (χ2v) is 7.32. The number of hydrogen-bond donors (Lipinski definition) is 3. The molecule has 2 aromatic heterocycles. The highest BCUT2D eigenvalue weighted by Gasteiger charge is 2.18. The van der Waals surface area contributed by atoms with E-state index in [0.717, 1.165) is 39.5 Å². The predicted octanol–water partition coefficient (Wildman–Crippen LogP) is 4.49. The van der Waals surface area contributed by atoms with E-state index in [1.165, 1.54) is 0 Å². The van der Waals surface area contributed by atoms with Crippen LogP contribution in [0.2, 0.25) is 0 Å². The maximum Gasteiger partial charge on any atom is 0.342 e. The number of nitrogens with one attached hydrogen (secondary N) is 2. The Morgan fingerprint density at radius 3 is 2.66 bits per heavy atom. The number of carboxylic acids is 1. The van der Waals surface area contributed by atoms with E-state index >= 15 is 0 Å². The van der Waals surface area contributed by atoms with Gasteiger partial charge in [-0.3, -0.25) is 5.10 Å². The minimum absolute atomic E-state index is 0.116. The summed E-state index contributed by atoms with van der Waals surface area (Å²) in [7, 11) is 1.60. The molecular formula is C21H18N4O3S. The minimum atomic E-state index is -1.05. The summed E-state index contributed by atoms with van der Waals surface area (Å²) >= 11 is 1.00. The van der Waals surface area contributed by atoms with Gasteiger partial charge in [0.2, 0.25) is 5.16 Å². The molecule has 2 aromatic carbocycles. The number of methoxy groups -OCH3 is 1. The van der Waals surface area contributed by atoms with Crippen molar-refractivity contribution >= 4 is 34.7 Å². The fraction of sp³-hybridized carbons (Fsp3) is 0.0952. The van der Waals surface area contributed by atoms with Crippen LogP contribution in [0.4, 0.5) is 0 Å². The van der Waals surface area contributed by atoms with Crippen molar-refractivity contribution in [1.82, 2.24) is 20.2 Å². The highest BCUT2D eigenvalue weighted by atomic mass is 32.2. The Hall–Kier alpha value is -3.52. The van der Waals surface area contributed by atoms with Crippen LogP contribution in [0.1, 0.15) is 11.4 Å². The van der Waals surface area contributed by atoms with Gasteiger partial charge in [-0.2, -0.15) is 0 Å². The van der Waals surface area contributed by atoms with Crippen LogP contribution >= 0.6 is 11.8 Å². The molecule has 4 aromatic rings. The highest BCUT2D eigenvalue weighted by molar-refractivity contribution is 8.04. The molecule has 0 spiro atoms. The number of aryl methyl sites for hydroxylation is 1. The van der Waals surface area contributed by atoms with Crippen molar-refractivity contribution in [2.45, 2.75) is 12.1 Å². The molecule has 7 nitrogen and oxygen atoms in total. The van der Waals surface area contributed by atoms with Crippen molar-refractivity contribution in [2.24, 2.45) is 0 Å². The Morgan fingerprint density at radius 2 is 2.00 bits per heavy atom. The third kappa shape index (κ3) is 3.88. The van der Waals surface area contributed by atoms with E-state index in [9.17, 15) is 9.90 Å². The molecule has 4 rings (SSSR count). The molecule has 8 heteroatoms. The molecule has 0 fully saturated rings. The van der Waals surface area contributed by atoms with Gasteiger partial charge in [-0.1, -0.05) is 30.3 Å². The predicted molar refractivity (Wildman–Crippen MR) is 113 cm³/mol. The second-order valence-electron chi connectivity index (χ2n) is 6.31. The fourth-order valence-electron chi connectivity index (χ4n) is 3.03. The second kappa shape index (κ2) is 7.84. The summed E-state index contributed by atoms with van der Waals surface area (Å²) in [5.74, 6) is 0.271. The first kappa shape index (κ1) is 18.8. The first-order valence-corrected chi connectivity index (χ1v) is 9.64. The van der Waals surface area contributed by atoms with Crippen molar-refractivity contribution < 1.29 is 14.6 Å². The fourth-order valence-corrected chi connectivity index (χ4v) is 3.77. The number of carbonyl (C=O) groups is 1. The lowest BCUT2D eigenvalue weighted by atomic mass is 10.0. The van der Waals surface area contributed by atoms with Crippen LogP contribution in [0.3, 0.4) is 0 Å². The molecule has 0 aliphatic carbocycles. The summed E-state index contributed by atoms with van der Waals surface area (Å²) in [4.78, 5) is 19.7. The largest absolute Gasteiger partial charge is 0.497 e. The summed E-state index contributed by atoms with van der Waals surface area (Å²) in [5.41, 5.74) is 3.44. The van der Waals surface area contributed by atoms with E-state index in [1.807, 2.05) is 48.5 Å². The molecule has 0 atom stereocenters. The smallest absolute Gasteiger partial charge is 0.342 e. The number of benzene rings is 2. The van der Waals surface area contributed by atoms with Crippen LogP contribution in [0.25, 0.3) is 28.2 Å². The van der Waals surface area contributed by atoms with Crippen LogP contribution in [0, 0.1) is 6.92 Å². The number of nitrogens with zero attached hydrogens (tertiary/aromatic N) is 2. The lowest BCUT2D eigenvalue weighted by molar-refractivity contribution is -0.131. The van der Waals surface area contributed by atoms with Crippen molar-refractivity contribution in [2.75, 3.05) is 7.11 Å².